The van der Waals surface area contributed by atoms with E-state index in [0.717, 1.165) is 11.4 Å². The molecular formula is C15H14FNO2. The topological polar surface area (TPSA) is 38.3 Å². The molecule has 0 aliphatic carbocycles. The van der Waals surface area contributed by atoms with Crippen LogP contribution in [0.1, 0.15) is 17.3 Å². The first-order valence-electron chi connectivity index (χ1n) is 5.99. The summed E-state index contributed by atoms with van der Waals surface area (Å²) in [5.74, 6) is -0.643. The fourth-order valence-electron chi connectivity index (χ4n) is 1.64. The minimum atomic E-state index is -0.356. The Morgan fingerprint density at radius 1 is 1.16 bits per heavy atom. The molecule has 0 heterocycles. The van der Waals surface area contributed by atoms with E-state index in [9.17, 15) is 9.18 Å². The zero-order chi connectivity index (χ0) is 13.7. The van der Waals surface area contributed by atoms with Crippen LogP contribution in [0.4, 0.5) is 15.8 Å². The van der Waals surface area contributed by atoms with Crippen LogP contribution in [-0.4, -0.2) is 12.6 Å². The quantitative estimate of drug-likeness (QED) is 0.850. The van der Waals surface area contributed by atoms with E-state index in [1.54, 1.807) is 37.3 Å². The summed E-state index contributed by atoms with van der Waals surface area (Å²) in [6.45, 7) is 2.10. The third kappa shape index (κ3) is 3.55. The van der Waals surface area contributed by atoms with Crippen LogP contribution >= 0.6 is 0 Å². The van der Waals surface area contributed by atoms with Crippen molar-refractivity contribution in [1.29, 1.82) is 0 Å². The van der Waals surface area contributed by atoms with Crippen LogP contribution in [0.15, 0.2) is 48.5 Å². The molecule has 1 N–H and O–H groups in total. The van der Waals surface area contributed by atoms with Crippen molar-refractivity contribution < 1.29 is 13.9 Å². The molecule has 0 aliphatic heterocycles. The number of carbonyl (C=O) groups excluding carboxylic acids is 1. The standard InChI is InChI=1S/C15H14FNO2/c1-2-19-15(18)11-4-3-5-14(10-11)17-13-8-6-12(16)7-9-13/h3-10,17H,2H2,1H3. The molecule has 0 aromatic heterocycles. The van der Waals surface area contributed by atoms with Crippen molar-refractivity contribution in [2.75, 3.05) is 11.9 Å². The minimum absolute atomic E-state index is 0.286. The van der Waals surface area contributed by atoms with Gasteiger partial charge < -0.3 is 10.1 Å². The molecule has 2 aromatic rings. The number of hydrogen-bond donors (Lipinski definition) is 1. The highest BCUT2D eigenvalue weighted by molar-refractivity contribution is 5.90. The van der Waals surface area contributed by atoms with Gasteiger partial charge in [0, 0.05) is 11.4 Å². The van der Waals surface area contributed by atoms with Crippen LogP contribution in [0.2, 0.25) is 0 Å². The second-order valence-corrected chi connectivity index (χ2v) is 3.93. The van der Waals surface area contributed by atoms with E-state index in [0.29, 0.717) is 12.2 Å². The van der Waals surface area contributed by atoms with Crippen LogP contribution in [0, 0.1) is 5.82 Å². The summed E-state index contributed by atoms with van der Waals surface area (Å²) in [6.07, 6.45) is 0. The van der Waals surface area contributed by atoms with Gasteiger partial charge in [-0.15, -0.1) is 0 Å². The van der Waals surface area contributed by atoms with Crippen molar-refractivity contribution in [1.82, 2.24) is 0 Å². The SMILES string of the molecule is CCOC(=O)c1cccc(Nc2ccc(F)cc2)c1. The second kappa shape index (κ2) is 6.00. The Kier molecular flexibility index (Phi) is 4.13. The van der Waals surface area contributed by atoms with Gasteiger partial charge in [0.15, 0.2) is 0 Å². The molecule has 0 saturated carbocycles. The zero-order valence-corrected chi connectivity index (χ0v) is 10.5. The maximum absolute atomic E-state index is 12.8. The lowest BCUT2D eigenvalue weighted by Gasteiger charge is -2.08. The predicted molar refractivity (Wildman–Crippen MR) is 72.1 cm³/mol. The maximum atomic E-state index is 12.8. The smallest absolute Gasteiger partial charge is 0.338 e. The monoisotopic (exact) mass is 259 g/mol. The van der Waals surface area contributed by atoms with E-state index in [1.807, 2.05) is 6.07 Å². The lowest BCUT2D eigenvalue weighted by atomic mass is 10.2. The molecule has 0 atom stereocenters. The first kappa shape index (κ1) is 13.1. The molecule has 3 nitrogen and oxygen atoms in total. The summed E-state index contributed by atoms with van der Waals surface area (Å²) in [6, 6.07) is 13.0. The molecule has 0 fully saturated rings. The summed E-state index contributed by atoms with van der Waals surface area (Å²) in [5.41, 5.74) is 1.98. The van der Waals surface area contributed by atoms with Gasteiger partial charge in [-0.2, -0.15) is 0 Å². The lowest BCUT2D eigenvalue weighted by molar-refractivity contribution is 0.0526. The van der Waals surface area contributed by atoms with E-state index < -0.39 is 0 Å². The fourth-order valence-corrected chi connectivity index (χ4v) is 1.64. The van der Waals surface area contributed by atoms with Crippen molar-refractivity contribution in [2.45, 2.75) is 6.92 Å². The first-order valence-corrected chi connectivity index (χ1v) is 5.99. The van der Waals surface area contributed by atoms with E-state index in [2.05, 4.69) is 5.32 Å². The van der Waals surface area contributed by atoms with E-state index >= 15 is 0 Å². The van der Waals surface area contributed by atoms with E-state index in [1.165, 1.54) is 12.1 Å². The summed E-state index contributed by atoms with van der Waals surface area (Å²) in [4.78, 5) is 11.6. The average Bonchev–Trinajstić information content (AvgIpc) is 2.42. The Hall–Kier alpha value is -2.36. The van der Waals surface area contributed by atoms with Crippen molar-refractivity contribution in [3.05, 3.63) is 59.9 Å². The van der Waals surface area contributed by atoms with Gasteiger partial charge in [-0.25, -0.2) is 9.18 Å². The molecule has 0 radical (unpaired) electrons. The number of carbonyl (C=O) groups is 1. The first-order chi connectivity index (χ1) is 9.19. The number of rotatable bonds is 4. The Morgan fingerprint density at radius 3 is 2.58 bits per heavy atom. The molecule has 0 bridgehead atoms. The number of ether oxygens (including phenoxy) is 1. The Bertz CT molecular complexity index is 567. The molecule has 0 amide bonds. The molecule has 98 valence electrons. The molecule has 0 saturated heterocycles. The number of halogens is 1. The van der Waals surface area contributed by atoms with Gasteiger partial charge in [0.25, 0.3) is 0 Å². The van der Waals surface area contributed by atoms with Crippen LogP contribution in [-0.2, 0) is 4.74 Å². The van der Waals surface area contributed by atoms with E-state index in [-0.39, 0.29) is 11.8 Å². The normalized spacial score (nSPS) is 10.0. The maximum Gasteiger partial charge on any atom is 0.338 e. The van der Waals surface area contributed by atoms with Crippen molar-refractivity contribution in [2.24, 2.45) is 0 Å². The van der Waals surface area contributed by atoms with Gasteiger partial charge in [0.05, 0.1) is 12.2 Å². The van der Waals surface area contributed by atoms with E-state index in [4.69, 9.17) is 4.74 Å². The molecule has 0 spiro atoms. The molecule has 19 heavy (non-hydrogen) atoms. The summed E-state index contributed by atoms with van der Waals surface area (Å²) < 4.78 is 17.7. The van der Waals surface area contributed by atoms with Gasteiger partial charge in [-0.3, -0.25) is 0 Å². The van der Waals surface area contributed by atoms with Crippen LogP contribution in [0.5, 0.6) is 0 Å². The highest BCUT2D eigenvalue weighted by Gasteiger charge is 2.06. The number of hydrogen-bond acceptors (Lipinski definition) is 3. The number of nitrogens with one attached hydrogen (secondary N) is 1. The largest absolute Gasteiger partial charge is 0.462 e. The van der Waals surface area contributed by atoms with Gasteiger partial charge in [-0.1, -0.05) is 6.07 Å². The van der Waals surface area contributed by atoms with Crippen LogP contribution < -0.4 is 5.32 Å². The minimum Gasteiger partial charge on any atom is -0.462 e. The van der Waals surface area contributed by atoms with Crippen molar-refractivity contribution in [3.63, 3.8) is 0 Å². The van der Waals surface area contributed by atoms with Crippen molar-refractivity contribution >= 4 is 17.3 Å². The molecule has 2 rings (SSSR count). The zero-order valence-electron chi connectivity index (χ0n) is 10.5. The summed E-state index contributed by atoms with van der Waals surface area (Å²) in [5, 5.41) is 3.09. The predicted octanol–water partition coefficient (Wildman–Crippen LogP) is 3.75. The van der Waals surface area contributed by atoms with Crippen molar-refractivity contribution in [3.8, 4) is 0 Å². The number of anilines is 2. The van der Waals surface area contributed by atoms with Crippen LogP contribution in [0.25, 0.3) is 0 Å². The highest BCUT2D eigenvalue weighted by Crippen LogP contribution is 2.18. The van der Waals surface area contributed by atoms with Gasteiger partial charge in [0.2, 0.25) is 0 Å². The number of esters is 1. The van der Waals surface area contributed by atoms with Gasteiger partial charge >= 0.3 is 5.97 Å². The third-order valence-corrected chi connectivity index (χ3v) is 2.51. The number of benzene rings is 2. The molecule has 2 aromatic carbocycles. The van der Waals surface area contributed by atoms with Gasteiger partial charge in [0.1, 0.15) is 5.82 Å². The average molecular weight is 259 g/mol. The third-order valence-electron chi connectivity index (χ3n) is 2.51. The van der Waals surface area contributed by atoms with Crippen LogP contribution in [0.3, 0.4) is 0 Å². The Balaban J connectivity index is 2.15. The molecular weight excluding hydrogens is 245 g/mol. The Labute approximate surface area is 111 Å². The second-order valence-electron chi connectivity index (χ2n) is 3.93. The summed E-state index contributed by atoms with van der Waals surface area (Å²) in [7, 11) is 0. The summed E-state index contributed by atoms with van der Waals surface area (Å²) >= 11 is 0. The molecule has 4 heteroatoms. The lowest BCUT2D eigenvalue weighted by Crippen LogP contribution is -2.04. The highest BCUT2D eigenvalue weighted by atomic mass is 19.1. The molecule has 0 aliphatic rings. The fraction of sp³-hybridized carbons (Fsp3) is 0.133. The van der Waals surface area contributed by atoms with Gasteiger partial charge in [-0.05, 0) is 49.4 Å². The molecule has 0 unspecified atom stereocenters. The Morgan fingerprint density at radius 2 is 1.89 bits per heavy atom.